The zero-order chi connectivity index (χ0) is 33.4. The van der Waals surface area contributed by atoms with Gasteiger partial charge in [-0.15, -0.1) is 11.3 Å². The van der Waals surface area contributed by atoms with Crippen molar-refractivity contribution in [3.8, 4) is 16.5 Å². The number of sulfone groups is 1. The van der Waals surface area contributed by atoms with E-state index >= 15 is 0 Å². The van der Waals surface area contributed by atoms with E-state index in [4.69, 9.17) is 30.5 Å². The lowest BCUT2D eigenvalue weighted by molar-refractivity contribution is 0.0126. The third-order valence-electron chi connectivity index (χ3n) is 7.36. The molecule has 0 bridgehead atoms. The lowest BCUT2D eigenvalue weighted by atomic mass is 10.1. The van der Waals surface area contributed by atoms with Gasteiger partial charge in [0.1, 0.15) is 40.6 Å². The van der Waals surface area contributed by atoms with Crippen molar-refractivity contribution < 1.29 is 37.0 Å². The first-order valence-corrected chi connectivity index (χ1v) is 17.7. The molecule has 14 heteroatoms. The predicted molar refractivity (Wildman–Crippen MR) is 175 cm³/mol. The number of methoxy groups -OCH3 is 1. The summed E-state index contributed by atoms with van der Waals surface area (Å²) in [6, 6.07) is 11.8. The van der Waals surface area contributed by atoms with Crippen molar-refractivity contribution in [3.63, 3.8) is 0 Å². The first-order chi connectivity index (χ1) is 21.6. The van der Waals surface area contributed by atoms with E-state index in [2.05, 4.69) is 4.98 Å². The van der Waals surface area contributed by atoms with Crippen LogP contribution < -0.4 is 9.47 Å². The van der Waals surface area contributed by atoms with Crippen LogP contribution in [0.15, 0.2) is 53.7 Å². The van der Waals surface area contributed by atoms with Crippen LogP contribution >= 0.6 is 22.9 Å². The number of ether oxygens (including phenoxy) is 4. The predicted octanol–water partition coefficient (Wildman–Crippen LogP) is 6.85. The molecular weight excluding hydrogens is 654 g/mol. The van der Waals surface area contributed by atoms with Crippen LogP contribution in [0.2, 0.25) is 5.02 Å². The Bertz CT molecular complexity index is 1870. The van der Waals surface area contributed by atoms with Crippen molar-refractivity contribution in [2.45, 2.75) is 63.2 Å². The maximum absolute atomic E-state index is 12.8. The monoisotopic (exact) mass is 689 g/mol. The van der Waals surface area contributed by atoms with Crippen molar-refractivity contribution in [1.29, 1.82) is 0 Å². The molecule has 11 nitrogen and oxygen atoms in total. The van der Waals surface area contributed by atoms with Gasteiger partial charge in [-0.25, -0.2) is 23.0 Å². The van der Waals surface area contributed by atoms with E-state index in [-0.39, 0.29) is 27.7 Å². The molecule has 5 rings (SSSR count). The van der Waals surface area contributed by atoms with Gasteiger partial charge < -0.3 is 23.8 Å². The molecule has 1 saturated heterocycles. The van der Waals surface area contributed by atoms with E-state index in [1.165, 1.54) is 13.2 Å². The van der Waals surface area contributed by atoms with Crippen molar-refractivity contribution in [2.75, 3.05) is 26.5 Å². The summed E-state index contributed by atoms with van der Waals surface area (Å²) in [5.74, 6) is 0.189. The third-order valence-corrected chi connectivity index (χ3v) is 9.97. The number of aromatic nitrogens is 2. The lowest BCUT2D eigenvalue weighted by Crippen LogP contribution is -2.44. The van der Waals surface area contributed by atoms with E-state index in [0.29, 0.717) is 58.3 Å². The molecule has 0 saturated carbocycles. The first-order valence-electron chi connectivity index (χ1n) is 14.6. The van der Waals surface area contributed by atoms with Crippen LogP contribution in [0.5, 0.6) is 11.5 Å². The molecular formula is C32H36ClN3O8S2. The van der Waals surface area contributed by atoms with E-state index < -0.39 is 27.5 Å². The van der Waals surface area contributed by atoms with Gasteiger partial charge >= 0.3 is 12.1 Å². The summed E-state index contributed by atoms with van der Waals surface area (Å²) >= 11 is 7.96. The number of nitrogens with zero attached hydrogens (tertiary/aromatic N) is 3. The van der Waals surface area contributed by atoms with Gasteiger partial charge in [-0.05, 0) is 52.0 Å². The Morgan fingerprint density at radius 1 is 1.09 bits per heavy atom. The number of carbonyl (C=O) groups is 2. The fraction of sp³-hybridized carbons (Fsp3) is 0.406. The van der Waals surface area contributed by atoms with E-state index in [1.807, 2.05) is 39.8 Å². The molecule has 1 aliphatic rings. The van der Waals surface area contributed by atoms with Gasteiger partial charge in [-0.2, -0.15) is 0 Å². The molecule has 0 aliphatic carbocycles. The number of halogens is 1. The maximum Gasteiger partial charge on any atom is 0.410 e. The van der Waals surface area contributed by atoms with Crippen LogP contribution in [0.1, 0.15) is 61.9 Å². The van der Waals surface area contributed by atoms with Gasteiger partial charge in [0.2, 0.25) is 0 Å². The van der Waals surface area contributed by atoms with Crippen molar-refractivity contribution in [3.05, 3.63) is 64.3 Å². The number of hydrogen-bond acceptors (Lipinski definition) is 10. The highest BCUT2D eigenvalue weighted by Crippen LogP contribution is 2.40. The number of amides is 1. The molecule has 0 N–H and O–H groups in total. The van der Waals surface area contributed by atoms with Gasteiger partial charge in [0.15, 0.2) is 14.7 Å². The van der Waals surface area contributed by atoms with Gasteiger partial charge in [0.25, 0.3) is 0 Å². The third kappa shape index (κ3) is 7.42. The number of imidazole rings is 1. The normalized spacial score (nSPS) is 15.1. The van der Waals surface area contributed by atoms with Gasteiger partial charge in [0.05, 0.1) is 28.1 Å². The minimum atomic E-state index is -3.45. The zero-order valence-electron chi connectivity index (χ0n) is 26.4. The standard InChI is InChI=1S/C32H36ClN3O8S2/c1-19(22-8-7-9-25(28(22)33)43-20-12-14-35(15-13-20)31(38)44-32(2,3)4)42-26-17-27(45-29(26)30(37)41-5)36-18-34-23-11-10-21(16-24(23)36)46(6,39)40/h7-11,16-20H,12-15H2,1-6H3/t19-/m1/s1. The fourth-order valence-electron chi connectivity index (χ4n) is 5.05. The van der Waals surface area contributed by atoms with Crippen LogP contribution in [-0.2, 0) is 19.3 Å². The number of esters is 1. The van der Waals surface area contributed by atoms with Gasteiger partial charge in [-0.1, -0.05) is 23.7 Å². The molecule has 46 heavy (non-hydrogen) atoms. The maximum atomic E-state index is 12.8. The molecule has 4 aromatic rings. The Morgan fingerprint density at radius 2 is 1.80 bits per heavy atom. The summed E-state index contributed by atoms with van der Waals surface area (Å²) in [5, 5.41) is 0.963. The van der Waals surface area contributed by atoms with Crippen LogP contribution in [0.3, 0.4) is 0 Å². The van der Waals surface area contributed by atoms with Crippen LogP contribution in [0.4, 0.5) is 4.79 Å². The molecule has 1 atom stereocenters. The second kappa shape index (κ2) is 13.1. The number of carbonyl (C=O) groups excluding carboxylic acids is 2. The molecule has 0 unspecified atom stereocenters. The summed E-state index contributed by atoms with van der Waals surface area (Å²) in [4.78, 5) is 31.7. The van der Waals surface area contributed by atoms with E-state index in [0.717, 1.165) is 17.6 Å². The Balaban J connectivity index is 1.34. The summed E-state index contributed by atoms with van der Waals surface area (Å²) in [5.41, 5.74) is 1.25. The molecule has 1 amide bonds. The second-order valence-electron chi connectivity index (χ2n) is 12.0. The molecule has 3 heterocycles. The fourth-order valence-corrected chi connectivity index (χ4v) is 7.00. The first kappa shape index (κ1) is 33.6. The molecule has 0 spiro atoms. The number of likely N-dealkylation sites (tertiary alicyclic amines) is 1. The summed E-state index contributed by atoms with van der Waals surface area (Å²) in [6.45, 7) is 8.35. The topological polar surface area (TPSA) is 126 Å². The smallest absolute Gasteiger partial charge is 0.410 e. The Hall–Kier alpha value is -3.81. The lowest BCUT2D eigenvalue weighted by Gasteiger charge is -2.33. The Kier molecular flexibility index (Phi) is 9.57. The average Bonchev–Trinajstić information content (AvgIpc) is 3.60. The Labute approximate surface area is 276 Å². The number of piperidine rings is 1. The molecule has 2 aromatic heterocycles. The molecule has 246 valence electrons. The summed E-state index contributed by atoms with van der Waals surface area (Å²) in [6.07, 6.45) is 2.89. The van der Waals surface area contributed by atoms with Crippen molar-refractivity contribution >= 4 is 55.9 Å². The minimum absolute atomic E-state index is 0.138. The van der Waals surface area contributed by atoms with E-state index in [1.54, 1.807) is 40.1 Å². The number of hydrogen-bond donors (Lipinski definition) is 0. The number of rotatable bonds is 8. The summed E-state index contributed by atoms with van der Waals surface area (Å²) in [7, 11) is -2.16. The zero-order valence-corrected chi connectivity index (χ0v) is 28.8. The molecule has 0 radical (unpaired) electrons. The molecule has 2 aromatic carbocycles. The van der Waals surface area contributed by atoms with Crippen LogP contribution in [0, 0.1) is 0 Å². The van der Waals surface area contributed by atoms with Crippen LogP contribution in [-0.4, -0.2) is 73.1 Å². The molecule has 1 fully saturated rings. The highest BCUT2D eigenvalue weighted by Gasteiger charge is 2.29. The number of thiophene rings is 1. The second-order valence-corrected chi connectivity index (χ2v) is 15.4. The van der Waals surface area contributed by atoms with Gasteiger partial charge in [-0.3, -0.25) is 4.57 Å². The minimum Gasteiger partial charge on any atom is -0.489 e. The summed E-state index contributed by atoms with van der Waals surface area (Å²) < 4.78 is 49.2. The van der Waals surface area contributed by atoms with Crippen molar-refractivity contribution in [2.24, 2.45) is 0 Å². The van der Waals surface area contributed by atoms with Gasteiger partial charge in [0, 0.05) is 43.8 Å². The highest BCUT2D eigenvalue weighted by atomic mass is 35.5. The SMILES string of the molecule is COC(=O)c1sc(-n2cnc3ccc(S(C)(=O)=O)cc32)cc1O[C@H](C)c1cccc(OC2CCN(C(=O)OC(C)(C)C)CC2)c1Cl. The average molecular weight is 690 g/mol. The van der Waals surface area contributed by atoms with Crippen LogP contribution in [0.25, 0.3) is 16.0 Å². The number of benzene rings is 2. The Morgan fingerprint density at radius 3 is 2.46 bits per heavy atom. The highest BCUT2D eigenvalue weighted by molar-refractivity contribution is 7.90. The van der Waals surface area contributed by atoms with Crippen molar-refractivity contribution in [1.82, 2.24) is 14.5 Å². The van der Waals surface area contributed by atoms with E-state index in [9.17, 15) is 18.0 Å². The quantitative estimate of drug-likeness (QED) is 0.183. The molecule has 1 aliphatic heterocycles. The largest absolute Gasteiger partial charge is 0.489 e. The number of fused-ring (bicyclic) bond motifs is 1.